The Balaban J connectivity index is 1.54. The molecule has 7 heteroatoms. The molecule has 0 aliphatic rings. The minimum atomic E-state index is -0.366. The number of thiophene rings is 1. The Morgan fingerprint density at radius 3 is 2.41 bits per heavy atom. The van der Waals surface area contributed by atoms with Crippen LogP contribution in [0.3, 0.4) is 0 Å². The van der Waals surface area contributed by atoms with Gasteiger partial charge >= 0.3 is 0 Å². The summed E-state index contributed by atoms with van der Waals surface area (Å²) in [4.78, 5) is 34.1. The topological polar surface area (TPSA) is 74.8 Å². The Morgan fingerprint density at radius 1 is 1.09 bits per heavy atom. The number of aromatic amines is 1. The Bertz CT molecular complexity index is 1340. The Kier molecular flexibility index (Phi) is 7.54. The van der Waals surface area contributed by atoms with Crippen LogP contribution in [0.15, 0.2) is 63.9 Å². The predicted octanol–water partition coefficient (Wildman–Crippen LogP) is 6.85. The number of aromatic nitrogens is 2. The summed E-state index contributed by atoms with van der Waals surface area (Å²) < 4.78 is 0. The quantitative estimate of drug-likeness (QED) is 0.209. The average molecular weight is 492 g/mol. The van der Waals surface area contributed by atoms with Crippen LogP contribution < -0.4 is 10.9 Å². The van der Waals surface area contributed by atoms with E-state index in [0.29, 0.717) is 27.7 Å². The first kappa shape index (κ1) is 24.2. The van der Waals surface area contributed by atoms with Gasteiger partial charge in [-0.3, -0.25) is 9.59 Å². The number of nitrogens with zero attached hydrogens (tertiary/aromatic N) is 1. The number of anilines is 1. The number of hydrogen-bond donors (Lipinski definition) is 2. The van der Waals surface area contributed by atoms with Crippen molar-refractivity contribution in [2.75, 3.05) is 5.32 Å². The van der Waals surface area contributed by atoms with Crippen molar-refractivity contribution in [3.05, 3.63) is 75.4 Å². The largest absolute Gasteiger partial charge is 0.325 e. The first-order valence-electron chi connectivity index (χ1n) is 11.6. The van der Waals surface area contributed by atoms with Crippen molar-refractivity contribution in [1.29, 1.82) is 0 Å². The van der Waals surface area contributed by atoms with Crippen LogP contribution in [0.5, 0.6) is 0 Å². The van der Waals surface area contributed by atoms with Gasteiger partial charge < -0.3 is 10.3 Å². The van der Waals surface area contributed by atoms with E-state index in [4.69, 9.17) is 0 Å². The predicted molar refractivity (Wildman–Crippen MR) is 144 cm³/mol. The minimum Gasteiger partial charge on any atom is -0.325 e. The molecule has 0 fully saturated rings. The minimum absolute atomic E-state index is 0.100. The molecular formula is C27H29N3O2S2. The molecule has 0 aliphatic heterocycles. The van der Waals surface area contributed by atoms with Crippen LogP contribution >= 0.6 is 23.1 Å². The number of thioether (sulfide) groups is 1. The number of aryl methyl sites for hydroxylation is 1. The molecule has 0 radical (unpaired) electrons. The van der Waals surface area contributed by atoms with Gasteiger partial charge in [-0.2, -0.15) is 0 Å². The molecule has 1 amide bonds. The summed E-state index contributed by atoms with van der Waals surface area (Å²) in [5.74, 6) is 0.356. The van der Waals surface area contributed by atoms with Crippen molar-refractivity contribution in [2.45, 2.75) is 56.9 Å². The van der Waals surface area contributed by atoms with E-state index >= 15 is 0 Å². The van der Waals surface area contributed by atoms with Crippen molar-refractivity contribution in [1.82, 2.24) is 9.97 Å². The van der Waals surface area contributed by atoms with Crippen molar-refractivity contribution >= 4 is 44.9 Å². The van der Waals surface area contributed by atoms with Crippen molar-refractivity contribution in [3.63, 3.8) is 0 Å². The molecule has 0 bridgehead atoms. The second kappa shape index (κ2) is 10.6. The van der Waals surface area contributed by atoms with Crippen LogP contribution in [0.2, 0.25) is 0 Å². The van der Waals surface area contributed by atoms with Crippen LogP contribution in [0.1, 0.15) is 51.2 Å². The van der Waals surface area contributed by atoms with Gasteiger partial charge in [-0.15, -0.1) is 11.3 Å². The van der Waals surface area contributed by atoms with Gasteiger partial charge in [0.15, 0.2) is 5.16 Å². The Hall–Kier alpha value is -2.90. The summed E-state index contributed by atoms with van der Waals surface area (Å²) in [6.07, 6.45) is 1.57. The van der Waals surface area contributed by atoms with Crippen molar-refractivity contribution in [2.24, 2.45) is 0 Å². The van der Waals surface area contributed by atoms with E-state index in [1.54, 1.807) is 0 Å². The summed E-state index contributed by atoms with van der Waals surface area (Å²) in [5, 5.41) is 5.65. The molecule has 0 saturated heterocycles. The second-order valence-electron chi connectivity index (χ2n) is 8.53. The molecule has 0 saturated carbocycles. The fraction of sp³-hybridized carbons (Fsp3) is 0.296. The fourth-order valence-electron chi connectivity index (χ4n) is 3.75. The number of hydrogen-bond acceptors (Lipinski definition) is 5. The van der Waals surface area contributed by atoms with Gasteiger partial charge in [0, 0.05) is 16.6 Å². The monoisotopic (exact) mass is 491 g/mol. The van der Waals surface area contributed by atoms with Crippen LogP contribution in [-0.4, -0.2) is 21.1 Å². The van der Waals surface area contributed by atoms with Crippen molar-refractivity contribution < 1.29 is 4.79 Å². The highest BCUT2D eigenvalue weighted by Crippen LogP contribution is 2.33. The molecule has 4 aromatic rings. The zero-order valence-corrected chi connectivity index (χ0v) is 21.5. The van der Waals surface area contributed by atoms with Gasteiger partial charge in [0.1, 0.15) is 4.83 Å². The van der Waals surface area contributed by atoms with Gasteiger partial charge in [0.25, 0.3) is 5.56 Å². The highest BCUT2D eigenvalue weighted by atomic mass is 32.2. The molecule has 2 heterocycles. The van der Waals surface area contributed by atoms with E-state index in [0.717, 1.165) is 23.2 Å². The smallest absolute Gasteiger partial charge is 0.260 e. The zero-order chi connectivity index (χ0) is 24.2. The maximum atomic E-state index is 13.0. The fourth-order valence-corrected chi connectivity index (χ4v) is 5.65. The third kappa shape index (κ3) is 5.26. The van der Waals surface area contributed by atoms with E-state index in [2.05, 4.69) is 60.3 Å². The molecular weight excluding hydrogens is 462 g/mol. The molecule has 176 valence electrons. The lowest BCUT2D eigenvalue weighted by Crippen LogP contribution is -2.25. The molecule has 2 aromatic carbocycles. The third-order valence-electron chi connectivity index (χ3n) is 5.86. The maximum absolute atomic E-state index is 13.0. The van der Waals surface area contributed by atoms with E-state index in [9.17, 15) is 9.59 Å². The molecule has 5 nitrogen and oxygen atoms in total. The normalized spacial score (nSPS) is 12.3. The van der Waals surface area contributed by atoms with Gasteiger partial charge in [-0.1, -0.05) is 75.9 Å². The Labute approximate surface area is 208 Å². The second-order valence-corrected chi connectivity index (χ2v) is 10.6. The molecule has 4 rings (SSSR count). The number of nitrogens with one attached hydrogen (secondary N) is 2. The summed E-state index contributed by atoms with van der Waals surface area (Å²) >= 11 is 2.74. The molecule has 34 heavy (non-hydrogen) atoms. The lowest BCUT2D eigenvalue weighted by Gasteiger charge is -2.14. The van der Waals surface area contributed by atoms with Gasteiger partial charge in [-0.05, 0) is 47.6 Å². The van der Waals surface area contributed by atoms with E-state index < -0.39 is 0 Å². The average Bonchev–Trinajstić information content (AvgIpc) is 3.27. The van der Waals surface area contributed by atoms with Gasteiger partial charge in [-0.25, -0.2) is 4.98 Å². The highest BCUT2D eigenvalue weighted by Gasteiger charge is 2.21. The number of carbonyl (C=O) groups is 1. The molecule has 2 aromatic heterocycles. The zero-order valence-electron chi connectivity index (χ0n) is 19.8. The maximum Gasteiger partial charge on any atom is 0.260 e. The number of carbonyl (C=O) groups excluding carboxylic acids is 1. The van der Waals surface area contributed by atoms with Crippen LogP contribution in [0.4, 0.5) is 5.69 Å². The highest BCUT2D eigenvalue weighted by molar-refractivity contribution is 8.00. The molecule has 0 spiro atoms. The van der Waals surface area contributed by atoms with E-state index in [1.807, 2.05) is 36.6 Å². The summed E-state index contributed by atoms with van der Waals surface area (Å²) in [7, 11) is 0. The Morgan fingerprint density at radius 2 is 1.79 bits per heavy atom. The van der Waals surface area contributed by atoms with Crippen LogP contribution in [-0.2, 0) is 11.2 Å². The summed E-state index contributed by atoms with van der Waals surface area (Å²) in [6, 6.07) is 16.2. The third-order valence-corrected chi connectivity index (χ3v) is 7.98. The standard InChI is InChI=1S/C27H29N3O2S2/c1-5-17-7-13-20(14-8-17)28-24(31)22(6-2)34-27-29-25(32)23-21(15-33-26(23)30-27)19-11-9-18(10-12-19)16(3)4/h7-16,22H,5-6H2,1-4H3,(H,28,31)(H,29,30,32). The first-order chi connectivity index (χ1) is 16.4. The van der Waals surface area contributed by atoms with Crippen LogP contribution in [0.25, 0.3) is 21.3 Å². The number of amides is 1. The number of rotatable bonds is 8. The van der Waals surface area contributed by atoms with Crippen molar-refractivity contribution in [3.8, 4) is 11.1 Å². The number of fused-ring (bicyclic) bond motifs is 1. The van der Waals surface area contributed by atoms with E-state index in [1.165, 1.54) is 34.2 Å². The molecule has 2 N–H and O–H groups in total. The number of benzene rings is 2. The number of H-pyrrole nitrogens is 1. The SMILES string of the molecule is CCc1ccc(NC(=O)C(CC)Sc2nc3scc(-c4ccc(C(C)C)cc4)c3c(=O)[nH]2)cc1. The van der Waals surface area contributed by atoms with Gasteiger partial charge in [0.2, 0.25) is 5.91 Å². The first-order valence-corrected chi connectivity index (χ1v) is 13.3. The molecule has 1 unspecified atom stereocenters. The summed E-state index contributed by atoms with van der Waals surface area (Å²) in [5.41, 5.74) is 4.97. The van der Waals surface area contributed by atoms with Gasteiger partial charge in [0.05, 0.1) is 10.6 Å². The molecule has 1 atom stereocenters. The lowest BCUT2D eigenvalue weighted by molar-refractivity contribution is -0.115. The van der Waals surface area contributed by atoms with E-state index in [-0.39, 0.29) is 16.7 Å². The summed E-state index contributed by atoms with van der Waals surface area (Å²) in [6.45, 7) is 8.38. The molecule has 0 aliphatic carbocycles. The van der Waals surface area contributed by atoms with Crippen LogP contribution in [0, 0.1) is 0 Å². The lowest BCUT2D eigenvalue weighted by atomic mass is 9.99.